The summed E-state index contributed by atoms with van der Waals surface area (Å²) in [5.74, 6) is -0.112. The zero-order valence-electron chi connectivity index (χ0n) is 19.4. The first-order valence-corrected chi connectivity index (χ1v) is 11.1. The average molecular weight is 491 g/mol. The Hall–Kier alpha value is -4.08. The zero-order chi connectivity index (χ0) is 25.4. The van der Waals surface area contributed by atoms with E-state index in [9.17, 15) is 14.4 Å². The molecule has 3 aromatic carbocycles. The molecule has 0 aliphatic carbocycles. The third-order valence-corrected chi connectivity index (χ3v) is 5.67. The number of allylic oxidation sites excluding steroid dienone is 1. The van der Waals surface area contributed by atoms with Gasteiger partial charge >= 0.3 is 0 Å². The van der Waals surface area contributed by atoms with E-state index in [1.165, 1.54) is 19.3 Å². The Balaban J connectivity index is 1.93. The number of nitriles is 1. The summed E-state index contributed by atoms with van der Waals surface area (Å²) in [7, 11) is 1.48. The molecule has 3 rings (SSSR count). The average Bonchev–Trinajstić information content (AvgIpc) is 2.85. The number of nitrogens with zero attached hydrogens (tertiary/aromatic N) is 1. The van der Waals surface area contributed by atoms with Crippen molar-refractivity contribution in [1.29, 1.82) is 5.26 Å². The third kappa shape index (κ3) is 6.28. The van der Waals surface area contributed by atoms with Gasteiger partial charge in [0.25, 0.3) is 5.91 Å². The quantitative estimate of drug-likeness (QED) is 0.207. The second-order valence-electron chi connectivity index (χ2n) is 7.62. The van der Waals surface area contributed by atoms with Crippen LogP contribution in [0.15, 0.2) is 72.8 Å². The molecular weight excluding hydrogens is 467 g/mol. The summed E-state index contributed by atoms with van der Waals surface area (Å²) in [4.78, 5) is 12.8. The number of ether oxygens (including phenoxy) is 2. The van der Waals surface area contributed by atoms with Crippen LogP contribution in [0, 0.1) is 24.1 Å². The molecule has 0 saturated carbocycles. The Kier molecular flexibility index (Phi) is 8.66. The van der Waals surface area contributed by atoms with Gasteiger partial charge in [0.2, 0.25) is 0 Å². The van der Waals surface area contributed by atoms with Crippen LogP contribution in [-0.4, -0.2) is 13.0 Å². The largest absolute Gasteiger partial charge is 0.493 e. The summed E-state index contributed by atoms with van der Waals surface area (Å²) < 4.78 is 25.5. The molecular formula is C28H24ClFN2O3. The lowest BCUT2D eigenvalue weighted by molar-refractivity contribution is -0.112. The third-order valence-electron chi connectivity index (χ3n) is 5.26. The van der Waals surface area contributed by atoms with Gasteiger partial charge in [-0.3, -0.25) is 4.79 Å². The monoisotopic (exact) mass is 490 g/mol. The first kappa shape index (κ1) is 25.5. The van der Waals surface area contributed by atoms with Gasteiger partial charge in [-0.2, -0.15) is 5.26 Å². The summed E-state index contributed by atoms with van der Waals surface area (Å²) in [5.41, 5.74) is 2.80. The molecule has 0 heterocycles. The van der Waals surface area contributed by atoms with E-state index in [2.05, 4.69) is 11.9 Å². The molecule has 0 spiro atoms. The van der Waals surface area contributed by atoms with Crippen LogP contribution in [0.25, 0.3) is 6.08 Å². The van der Waals surface area contributed by atoms with Gasteiger partial charge in [0.1, 0.15) is 24.1 Å². The van der Waals surface area contributed by atoms with Crippen LogP contribution in [-0.2, 0) is 17.8 Å². The van der Waals surface area contributed by atoms with Crippen molar-refractivity contribution in [3.8, 4) is 17.6 Å². The molecule has 0 bridgehead atoms. The lowest BCUT2D eigenvalue weighted by atomic mass is 10.0. The van der Waals surface area contributed by atoms with Crippen LogP contribution in [0.1, 0.15) is 22.3 Å². The van der Waals surface area contributed by atoms with Crippen LogP contribution in [0.2, 0.25) is 5.02 Å². The number of nitrogens with one attached hydrogen (secondary N) is 1. The molecule has 0 fully saturated rings. The summed E-state index contributed by atoms with van der Waals surface area (Å²) >= 11 is 6.12. The smallest absolute Gasteiger partial charge is 0.266 e. The Bertz CT molecular complexity index is 1330. The standard InChI is InChI=1S/C28H24ClFN2O3/c1-4-8-20-13-19(14-22(16-31)28(33)32-25-12-7-10-23(29)18(25)2)15-26(34-3)27(20)35-17-21-9-5-6-11-24(21)30/h4-7,9-15H,1,8,17H2,2-3H3,(H,32,33)/b22-14+. The van der Waals surface area contributed by atoms with Gasteiger partial charge in [0.15, 0.2) is 11.5 Å². The molecule has 5 nitrogen and oxygen atoms in total. The fourth-order valence-electron chi connectivity index (χ4n) is 3.40. The van der Waals surface area contributed by atoms with E-state index < -0.39 is 5.91 Å². The molecule has 35 heavy (non-hydrogen) atoms. The van der Waals surface area contributed by atoms with Gasteiger partial charge in [0.05, 0.1) is 7.11 Å². The Morgan fingerprint density at radius 2 is 1.97 bits per heavy atom. The maximum Gasteiger partial charge on any atom is 0.266 e. The van der Waals surface area contributed by atoms with Crippen LogP contribution >= 0.6 is 11.6 Å². The van der Waals surface area contributed by atoms with Crippen molar-refractivity contribution in [2.75, 3.05) is 12.4 Å². The number of rotatable bonds is 9. The Labute approximate surface area is 209 Å². The highest BCUT2D eigenvalue weighted by atomic mass is 35.5. The molecule has 0 unspecified atom stereocenters. The molecule has 3 aromatic rings. The second kappa shape index (κ2) is 11.9. The first-order valence-electron chi connectivity index (χ1n) is 10.7. The number of anilines is 1. The van der Waals surface area contributed by atoms with Gasteiger partial charge in [-0.1, -0.05) is 41.9 Å². The summed E-state index contributed by atoms with van der Waals surface area (Å²) in [6, 6.07) is 16.9. The van der Waals surface area contributed by atoms with E-state index in [0.717, 1.165) is 0 Å². The van der Waals surface area contributed by atoms with Crippen molar-refractivity contribution >= 4 is 29.3 Å². The first-order chi connectivity index (χ1) is 16.9. The van der Waals surface area contributed by atoms with E-state index in [4.69, 9.17) is 21.1 Å². The molecule has 0 aromatic heterocycles. The predicted molar refractivity (Wildman–Crippen MR) is 136 cm³/mol. The summed E-state index contributed by atoms with van der Waals surface area (Å²) in [6.45, 7) is 5.57. The van der Waals surface area contributed by atoms with E-state index in [1.54, 1.807) is 61.5 Å². The SMILES string of the molecule is C=CCc1cc(/C=C(\C#N)C(=O)Nc2cccc(Cl)c2C)cc(OC)c1OCc1ccccc1F. The summed E-state index contributed by atoms with van der Waals surface area (Å²) in [6.07, 6.45) is 3.59. The Morgan fingerprint density at radius 1 is 1.20 bits per heavy atom. The van der Waals surface area contributed by atoms with Gasteiger partial charge in [-0.25, -0.2) is 4.39 Å². The molecule has 1 N–H and O–H groups in total. The molecule has 0 aliphatic heterocycles. The van der Waals surface area contributed by atoms with E-state index in [-0.39, 0.29) is 18.0 Å². The van der Waals surface area contributed by atoms with Crippen LogP contribution in [0.5, 0.6) is 11.5 Å². The van der Waals surface area contributed by atoms with Crippen molar-refractivity contribution in [3.63, 3.8) is 0 Å². The minimum absolute atomic E-state index is 0.00714. The molecule has 1 amide bonds. The molecule has 0 saturated heterocycles. The highest BCUT2D eigenvalue weighted by Gasteiger charge is 2.16. The Morgan fingerprint density at radius 3 is 2.66 bits per heavy atom. The van der Waals surface area contributed by atoms with Gasteiger partial charge in [-0.15, -0.1) is 6.58 Å². The molecule has 0 radical (unpaired) electrons. The van der Waals surface area contributed by atoms with E-state index >= 15 is 0 Å². The van der Waals surface area contributed by atoms with Crippen LogP contribution < -0.4 is 14.8 Å². The van der Waals surface area contributed by atoms with Crippen molar-refractivity contribution in [2.24, 2.45) is 0 Å². The van der Waals surface area contributed by atoms with E-state index in [0.29, 0.717) is 50.9 Å². The maximum absolute atomic E-state index is 14.0. The second-order valence-corrected chi connectivity index (χ2v) is 8.03. The number of carbonyl (C=O) groups is 1. The minimum Gasteiger partial charge on any atom is -0.493 e. The normalized spacial score (nSPS) is 10.9. The molecule has 178 valence electrons. The number of methoxy groups -OCH3 is 1. The highest BCUT2D eigenvalue weighted by molar-refractivity contribution is 6.31. The van der Waals surface area contributed by atoms with Gasteiger partial charge in [0, 0.05) is 21.8 Å². The number of amides is 1. The number of benzene rings is 3. The number of halogens is 2. The van der Waals surface area contributed by atoms with E-state index in [1.807, 2.05) is 6.07 Å². The lowest BCUT2D eigenvalue weighted by Crippen LogP contribution is -2.14. The zero-order valence-corrected chi connectivity index (χ0v) is 20.2. The summed E-state index contributed by atoms with van der Waals surface area (Å²) in [5, 5.41) is 12.9. The fourth-order valence-corrected chi connectivity index (χ4v) is 3.58. The van der Waals surface area contributed by atoms with Crippen LogP contribution in [0.3, 0.4) is 0 Å². The van der Waals surface area contributed by atoms with Crippen molar-refractivity contribution < 1.29 is 18.7 Å². The molecule has 0 atom stereocenters. The number of hydrogen-bond acceptors (Lipinski definition) is 4. The minimum atomic E-state index is -0.568. The topological polar surface area (TPSA) is 71.4 Å². The van der Waals surface area contributed by atoms with Crippen molar-refractivity contribution in [2.45, 2.75) is 20.0 Å². The maximum atomic E-state index is 14.0. The van der Waals surface area contributed by atoms with Gasteiger partial charge in [-0.05, 0) is 60.9 Å². The van der Waals surface area contributed by atoms with Crippen molar-refractivity contribution in [1.82, 2.24) is 0 Å². The molecule has 0 aliphatic rings. The number of carbonyl (C=O) groups excluding carboxylic acids is 1. The van der Waals surface area contributed by atoms with Gasteiger partial charge < -0.3 is 14.8 Å². The molecule has 7 heteroatoms. The predicted octanol–water partition coefficient (Wildman–Crippen LogP) is 6.65. The number of hydrogen-bond donors (Lipinski definition) is 1. The van der Waals surface area contributed by atoms with Crippen LogP contribution in [0.4, 0.5) is 10.1 Å². The lowest BCUT2D eigenvalue weighted by Gasteiger charge is -2.16. The van der Waals surface area contributed by atoms with Crippen molar-refractivity contribution in [3.05, 3.63) is 106 Å². The fraction of sp³-hybridized carbons (Fsp3) is 0.143. The highest BCUT2D eigenvalue weighted by Crippen LogP contribution is 2.35.